The maximum Gasteiger partial charge on any atom is 0.254 e. The highest BCUT2D eigenvalue weighted by molar-refractivity contribution is 6.36. The number of H-pyrrole nitrogens is 1. The van der Waals surface area contributed by atoms with Gasteiger partial charge in [-0.2, -0.15) is 0 Å². The molecule has 1 atom stereocenters. The molecule has 1 aliphatic rings. The zero-order valence-corrected chi connectivity index (χ0v) is 20.9. The van der Waals surface area contributed by atoms with E-state index in [0.717, 1.165) is 22.2 Å². The Balaban J connectivity index is 1.33. The zero-order valence-electron chi connectivity index (χ0n) is 20.1. The van der Waals surface area contributed by atoms with Crippen LogP contribution in [-0.4, -0.2) is 66.9 Å². The van der Waals surface area contributed by atoms with Gasteiger partial charge < -0.3 is 20.1 Å². The Kier molecular flexibility index (Phi) is 6.01. The Labute approximate surface area is 217 Å². The molecule has 0 bridgehead atoms. The van der Waals surface area contributed by atoms with Gasteiger partial charge in [0.1, 0.15) is 11.8 Å². The highest BCUT2D eigenvalue weighted by atomic mass is 35.5. The van der Waals surface area contributed by atoms with Gasteiger partial charge in [-0.25, -0.2) is 15.0 Å². The van der Waals surface area contributed by atoms with Gasteiger partial charge in [0.2, 0.25) is 0 Å². The minimum atomic E-state index is -0.162. The van der Waals surface area contributed by atoms with E-state index in [0.29, 0.717) is 53.7 Å². The lowest BCUT2D eigenvalue weighted by molar-refractivity contribution is 0.0746. The summed E-state index contributed by atoms with van der Waals surface area (Å²) in [5.41, 5.74) is 4.81. The number of fused-ring (bicyclic) bond motifs is 2. The molecule has 37 heavy (non-hydrogen) atoms. The van der Waals surface area contributed by atoms with Crippen LogP contribution in [0.4, 0.5) is 11.5 Å². The fourth-order valence-corrected chi connectivity index (χ4v) is 5.10. The summed E-state index contributed by atoms with van der Waals surface area (Å²) in [6.45, 7) is 4.59. The quantitative estimate of drug-likeness (QED) is 0.361. The first kappa shape index (κ1) is 23.1. The first-order valence-electron chi connectivity index (χ1n) is 12.0. The van der Waals surface area contributed by atoms with E-state index in [4.69, 9.17) is 16.6 Å². The van der Waals surface area contributed by atoms with Crippen molar-refractivity contribution in [3.63, 3.8) is 0 Å². The number of carbonyl (C=O) groups excluding carboxylic acids is 1. The molecule has 10 nitrogen and oxygen atoms in total. The van der Waals surface area contributed by atoms with Gasteiger partial charge in [-0.05, 0) is 37.3 Å². The average Bonchev–Trinajstić information content (AvgIpc) is 3.43. The lowest BCUT2D eigenvalue weighted by Gasteiger charge is -2.38. The number of anilines is 2. The van der Waals surface area contributed by atoms with Gasteiger partial charge >= 0.3 is 0 Å². The summed E-state index contributed by atoms with van der Waals surface area (Å²) in [4.78, 5) is 41.9. The van der Waals surface area contributed by atoms with Crippen molar-refractivity contribution in [3.8, 4) is 0 Å². The molecule has 186 valence electrons. The van der Waals surface area contributed by atoms with Crippen LogP contribution in [0.3, 0.4) is 0 Å². The number of halogens is 1. The van der Waals surface area contributed by atoms with Crippen LogP contribution < -0.4 is 10.2 Å². The van der Waals surface area contributed by atoms with Crippen molar-refractivity contribution in [1.29, 1.82) is 0 Å². The number of carbonyl (C=O) groups is 1. The van der Waals surface area contributed by atoms with Crippen molar-refractivity contribution in [2.45, 2.75) is 13.0 Å². The minimum Gasteiger partial charge on any atom is -0.366 e. The maximum atomic E-state index is 13.0. The molecule has 6 rings (SSSR count). The van der Waals surface area contributed by atoms with E-state index >= 15 is 0 Å². The molecule has 0 saturated carbocycles. The Morgan fingerprint density at radius 3 is 2.65 bits per heavy atom. The molecule has 5 heterocycles. The van der Waals surface area contributed by atoms with Crippen LogP contribution >= 0.6 is 11.6 Å². The predicted octanol–water partition coefficient (Wildman–Crippen LogP) is 4.09. The molecular formula is C26H24ClN9O. The van der Waals surface area contributed by atoms with Crippen LogP contribution in [0.2, 0.25) is 5.02 Å². The zero-order chi connectivity index (χ0) is 25.4. The van der Waals surface area contributed by atoms with Crippen molar-refractivity contribution in [2.75, 3.05) is 36.4 Å². The molecule has 5 aromatic rings. The molecule has 1 saturated heterocycles. The molecule has 1 amide bonds. The summed E-state index contributed by atoms with van der Waals surface area (Å²) < 4.78 is 0. The molecule has 11 heteroatoms. The topological polar surface area (TPSA) is 116 Å². The van der Waals surface area contributed by atoms with Crippen molar-refractivity contribution in [1.82, 2.24) is 34.8 Å². The number of benzene rings is 1. The number of nitrogens with zero attached hydrogens (tertiary/aromatic N) is 7. The summed E-state index contributed by atoms with van der Waals surface area (Å²) in [5, 5.41) is 5.01. The van der Waals surface area contributed by atoms with Crippen LogP contribution in [-0.2, 0) is 0 Å². The highest BCUT2D eigenvalue weighted by Crippen LogP contribution is 2.39. The monoisotopic (exact) mass is 513 g/mol. The summed E-state index contributed by atoms with van der Waals surface area (Å²) in [6.07, 6.45) is 8.17. The number of aromatic amines is 1. The van der Waals surface area contributed by atoms with Gasteiger partial charge in [0.15, 0.2) is 11.5 Å². The fraction of sp³-hybridized carbons (Fsp3) is 0.231. The first-order valence-corrected chi connectivity index (χ1v) is 12.4. The van der Waals surface area contributed by atoms with Crippen LogP contribution in [0, 0.1) is 0 Å². The smallest absolute Gasteiger partial charge is 0.254 e. The van der Waals surface area contributed by atoms with Crippen molar-refractivity contribution in [2.24, 2.45) is 0 Å². The number of amides is 1. The molecule has 2 N–H and O–H groups in total. The number of imidazole rings is 1. The van der Waals surface area contributed by atoms with Gasteiger partial charge in [0, 0.05) is 61.3 Å². The van der Waals surface area contributed by atoms with Gasteiger partial charge in [0.05, 0.1) is 28.6 Å². The summed E-state index contributed by atoms with van der Waals surface area (Å²) in [7, 11) is 0. The standard InChI is InChI=1S/C26H24ClN9O/c1-16(34-25-22-24(31-14-30-22)32-15-33-25)19-13-20(27)18-3-2-6-29-21(18)23(19)35-9-11-36(12-10-35)26(37)17-4-7-28-8-5-17/h2-8,13-16H,9-12H2,1H3,(H2,30,31,32,33,34). The van der Waals surface area contributed by atoms with E-state index in [1.165, 1.54) is 6.33 Å². The van der Waals surface area contributed by atoms with Crippen LogP contribution in [0.15, 0.2) is 61.6 Å². The number of aromatic nitrogens is 6. The molecular weight excluding hydrogens is 490 g/mol. The van der Waals surface area contributed by atoms with Crippen molar-refractivity contribution in [3.05, 3.63) is 77.7 Å². The molecule has 0 radical (unpaired) electrons. The largest absolute Gasteiger partial charge is 0.366 e. The average molecular weight is 514 g/mol. The van der Waals surface area contributed by atoms with E-state index in [1.807, 2.05) is 23.1 Å². The third kappa shape index (κ3) is 4.29. The predicted molar refractivity (Wildman–Crippen MR) is 143 cm³/mol. The second kappa shape index (κ2) is 9.62. The van der Waals surface area contributed by atoms with Crippen LogP contribution in [0.5, 0.6) is 0 Å². The lowest BCUT2D eigenvalue weighted by atomic mass is 10.0. The van der Waals surface area contributed by atoms with E-state index in [2.05, 4.69) is 42.1 Å². The molecule has 1 unspecified atom stereocenters. The number of piperazine rings is 1. The third-order valence-electron chi connectivity index (χ3n) is 6.69. The second-order valence-corrected chi connectivity index (χ2v) is 9.31. The van der Waals surface area contributed by atoms with Crippen molar-refractivity contribution < 1.29 is 4.79 Å². The third-order valence-corrected chi connectivity index (χ3v) is 7.00. The molecule has 1 aliphatic heterocycles. The normalized spacial score (nSPS) is 14.8. The van der Waals surface area contributed by atoms with Crippen molar-refractivity contribution >= 4 is 51.1 Å². The lowest BCUT2D eigenvalue weighted by Crippen LogP contribution is -2.49. The Hall–Kier alpha value is -4.31. The Bertz CT molecular complexity index is 1580. The van der Waals surface area contributed by atoms with Gasteiger partial charge in [-0.15, -0.1) is 0 Å². The summed E-state index contributed by atoms with van der Waals surface area (Å²) in [6, 6.07) is 9.21. The summed E-state index contributed by atoms with van der Waals surface area (Å²) in [5.74, 6) is 0.651. The number of nitrogens with one attached hydrogen (secondary N) is 2. The number of rotatable bonds is 5. The van der Waals surface area contributed by atoms with E-state index in [9.17, 15) is 4.79 Å². The summed E-state index contributed by atoms with van der Waals surface area (Å²) >= 11 is 6.74. The Morgan fingerprint density at radius 1 is 1.03 bits per heavy atom. The minimum absolute atomic E-state index is 0.0168. The second-order valence-electron chi connectivity index (χ2n) is 8.90. The van der Waals surface area contributed by atoms with E-state index in [-0.39, 0.29) is 11.9 Å². The van der Waals surface area contributed by atoms with Crippen LogP contribution in [0.25, 0.3) is 22.1 Å². The van der Waals surface area contributed by atoms with Crippen LogP contribution in [0.1, 0.15) is 28.9 Å². The van der Waals surface area contributed by atoms with Gasteiger partial charge in [-0.1, -0.05) is 11.6 Å². The maximum absolute atomic E-state index is 13.0. The Morgan fingerprint density at radius 2 is 1.84 bits per heavy atom. The fourth-order valence-electron chi connectivity index (χ4n) is 4.83. The van der Waals surface area contributed by atoms with Gasteiger partial charge in [0.25, 0.3) is 5.91 Å². The molecule has 0 aliphatic carbocycles. The number of pyridine rings is 2. The molecule has 1 fully saturated rings. The van der Waals surface area contributed by atoms with Gasteiger partial charge in [-0.3, -0.25) is 14.8 Å². The number of hydrogen-bond acceptors (Lipinski definition) is 8. The molecule has 4 aromatic heterocycles. The number of hydrogen-bond donors (Lipinski definition) is 2. The molecule has 1 aromatic carbocycles. The van der Waals surface area contributed by atoms with E-state index in [1.54, 1.807) is 37.1 Å². The highest BCUT2D eigenvalue weighted by Gasteiger charge is 2.27. The first-order chi connectivity index (χ1) is 18.1. The SMILES string of the molecule is CC(Nc1ncnc2[nH]cnc12)c1cc(Cl)c2cccnc2c1N1CCN(C(=O)c2ccncc2)CC1. The molecule has 0 spiro atoms. The van der Waals surface area contributed by atoms with E-state index < -0.39 is 0 Å².